The van der Waals surface area contributed by atoms with Crippen LogP contribution in [0.5, 0.6) is 0 Å². The van der Waals surface area contributed by atoms with Crippen LogP contribution in [-0.4, -0.2) is 23.6 Å². The van der Waals surface area contributed by atoms with Crippen LogP contribution in [0.4, 0.5) is 0 Å². The zero-order chi connectivity index (χ0) is 10.2. The van der Waals surface area contributed by atoms with E-state index in [2.05, 4.69) is 27.1 Å². The lowest BCUT2D eigenvalue weighted by Gasteiger charge is -1.89. The lowest BCUT2D eigenvalue weighted by molar-refractivity contribution is 0.818. The van der Waals surface area contributed by atoms with Crippen molar-refractivity contribution in [3.05, 3.63) is 23.8 Å². The van der Waals surface area contributed by atoms with E-state index in [9.17, 15) is 0 Å². The molecule has 1 rings (SSSR count). The Bertz CT molecular complexity index is 377. The first-order valence-electron chi connectivity index (χ1n) is 4.22. The lowest BCUT2D eigenvalue weighted by atomic mass is 10.3. The predicted octanol–water partition coefficient (Wildman–Crippen LogP) is 0.309. The van der Waals surface area contributed by atoms with E-state index in [1.54, 1.807) is 12.4 Å². The number of rotatable bonds is 2. The quantitative estimate of drug-likeness (QED) is 0.533. The average Bonchev–Trinajstić information content (AvgIpc) is 2.25. The van der Waals surface area contributed by atoms with Gasteiger partial charge in [0.1, 0.15) is 6.07 Å². The Balaban J connectivity index is 2.59. The summed E-state index contributed by atoms with van der Waals surface area (Å²) in [7, 11) is 1.88. The van der Waals surface area contributed by atoms with Crippen molar-refractivity contribution in [1.82, 2.24) is 15.3 Å². The Hall–Kier alpha value is -1.91. The molecule has 0 unspecified atom stereocenters. The minimum atomic E-state index is 0.172. The third kappa shape index (κ3) is 3.22. The van der Waals surface area contributed by atoms with Gasteiger partial charge in [0.05, 0.1) is 5.56 Å². The van der Waals surface area contributed by atoms with E-state index in [0.717, 1.165) is 18.5 Å². The molecule has 70 valence electrons. The number of hydrogen-bond acceptors (Lipinski definition) is 4. The highest BCUT2D eigenvalue weighted by Crippen LogP contribution is 1.92. The van der Waals surface area contributed by atoms with Gasteiger partial charge in [-0.25, -0.2) is 9.97 Å². The van der Waals surface area contributed by atoms with Crippen molar-refractivity contribution >= 4 is 0 Å². The van der Waals surface area contributed by atoms with Crippen molar-refractivity contribution in [2.45, 2.75) is 6.42 Å². The molecule has 0 fully saturated rings. The predicted molar refractivity (Wildman–Crippen MR) is 52.2 cm³/mol. The van der Waals surface area contributed by atoms with Crippen LogP contribution in [0.2, 0.25) is 0 Å². The average molecular weight is 186 g/mol. The number of nitrogens with zero attached hydrogens (tertiary/aromatic N) is 3. The van der Waals surface area contributed by atoms with Crippen molar-refractivity contribution in [2.24, 2.45) is 0 Å². The van der Waals surface area contributed by atoms with Crippen LogP contribution < -0.4 is 5.32 Å². The van der Waals surface area contributed by atoms with Crippen molar-refractivity contribution in [3.63, 3.8) is 0 Å². The van der Waals surface area contributed by atoms with Gasteiger partial charge in [-0.3, -0.25) is 0 Å². The molecule has 0 spiro atoms. The van der Waals surface area contributed by atoms with E-state index in [4.69, 9.17) is 5.26 Å². The number of nitriles is 1. The maximum atomic E-state index is 8.46. The molecular weight excluding hydrogens is 176 g/mol. The maximum absolute atomic E-state index is 8.46. The van der Waals surface area contributed by atoms with Crippen molar-refractivity contribution in [1.29, 1.82) is 5.26 Å². The molecule has 0 aliphatic carbocycles. The SMILES string of the molecule is CNCCC#Cc1cnc(C#N)nc1. The van der Waals surface area contributed by atoms with Crippen LogP contribution in [0.25, 0.3) is 0 Å². The molecule has 1 N–H and O–H groups in total. The van der Waals surface area contributed by atoms with Gasteiger partial charge in [0.25, 0.3) is 0 Å². The normalized spacial score (nSPS) is 8.57. The Kier molecular flexibility index (Phi) is 4.13. The van der Waals surface area contributed by atoms with Crippen LogP contribution in [0.15, 0.2) is 12.4 Å². The van der Waals surface area contributed by atoms with Gasteiger partial charge in [0.2, 0.25) is 5.82 Å². The summed E-state index contributed by atoms with van der Waals surface area (Å²) in [5.41, 5.74) is 0.736. The Morgan fingerprint density at radius 2 is 2.14 bits per heavy atom. The summed E-state index contributed by atoms with van der Waals surface area (Å²) in [6.45, 7) is 0.865. The minimum Gasteiger partial charge on any atom is -0.319 e. The molecule has 0 aliphatic heterocycles. The van der Waals surface area contributed by atoms with Crippen LogP contribution in [0.1, 0.15) is 17.8 Å². The van der Waals surface area contributed by atoms with Gasteiger partial charge in [-0.05, 0) is 7.05 Å². The van der Waals surface area contributed by atoms with E-state index >= 15 is 0 Å². The standard InChI is InChI=1S/C10H10N4/c1-12-5-3-2-4-9-7-13-10(6-11)14-8-9/h7-8,12H,3,5H2,1H3. The van der Waals surface area contributed by atoms with Gasteiger partial charge in [-0.2, -0.15) is 5.26 Å². The summed E-state index contributed by atoms with van der Waals surface area (Å²) in [5, 5.41) is 11.5. The Morgan fingerprint density at radius 1 is 1.43 bits per heavy atom. The fraction of sp³-hybridized carbons (Fsp3) is 0.300. The second-order valence-corrected chi connectivity index (χ2v) is 2.56. The molecule has 0 aromatic carbocycles. The molecule has 0 radical (unpaired) electrons. The molecule has 4 heteroatoms. The summed E-state index contributed by atoms with van der Waals surface area (Å²) in [6.07, 6.45) is 3.90. The zero-order valence-corrected chi connectivity index (χ0v) is 7.91. The summed E-state index contributed by atoms with van der Waals surface area (Å²) in [5.74, 6) is 6.04. The van der Waals surface area contributed by atoms with Gasteiger partial charge in [0, 0.05) is 25.4 Å². The number of nitrogens with one attached hydrogen (secondary N) is 1. The first kappa shape index (κ1) is 10.2. The summed E-state index contributed by atoms with van der Waals surface area (Å²) >= 11 is 0. The third-order valence-electron chi connectivity index (χ3n) is 1.48. The number of aromatic nitrogens is 2. The topological polar surface area (TPSA) is 61.6 Å². The van der Waals surface area contributed by atoms with E-state index in [1.165, 1.54) is 0 Å². The number of hydrogen-bond donors (Lipinski definition) is 1. The lowest BCUT2D eigenvalue weighted by Crippen LogP contribution is -2.05. The van der Waals surface area contributed by atoms with Crippen LogP contribution in [0.3, 0.4) is 0 Å². The molecule has 1 aromatic rings. The summed E-state index contributed by atoms with van der Waals surface area (Å²) in [4.78, 5) is 7.61. The summed E-state index contributed by atoms with van der Waals surface area (Å²) in [6, 6.07) is 1.85. The highest BCUT2D eigenvalue weighted by Gasteiger charge is 1.91. The third-order valence-corrected chi connectivity index (χ3v) is 1.48. The Morgan fingerprint density at radius 3 is 2.71 bits per heavy atom. The first-order valence-corrected chi connectivity index (χ1v) is 4.22. The first-order chi connectivity index (χ1) is 6.86. The molecule has 1 aromatic heterocycles. The molecule has 1 heterocycles. The zero-order valence-electron chi connectivity index (χ0n) is 7.91. The molecule has 14 heavy (non-hydrogen) atoms. The fourth-order valence-corrected chi connectivity index (χ4v) is 0.802. The maximum Gasteiger partial charge on any atom is 0.232 e. The minimum absolute atomic E-state index is 0.172. The summed E-state index contributed by atoms with van der Waals surface area (Å²) < 4.78 is 0. The van der Waals surface area contributed by atoms with E-state index in [-0.39, 0.29) is 5.82 Å². The van der Waals surface area contributed by atoms with Gasteiger partial charge in [-0.1, -0.05) is 11.8 Å². The van der Waals surface area contributed by atoms with Crippen molar-refractivity contribution in [3.8, 4) is 17.9 Å². The van der Waals surface area contributed by atoms with Crippen LogP contribution >= 0.6 is 0 Å². The second-order valence-electron chi connectivity index (χ2n) is 2.56. The molecule has 0 bridgehead atoms. The van der Waals surface area contributed by atoms with Crippen molar-refractivity contribution < 1.29 is 0 Å². The molecule has 0 aliphatic rings. The fourth-order valence-electron chi connectivity index (χ4n) is 0.802. The van der Waals surface area contributed by atoms with E-state index in [1.807, 2.05) is 13.1 Å². The second kappa shape index (κ2) is 5.69. The van der Waals surface area contributed by atoms with Gasteiger partial charge in [-0.15, -0.1) is 0 Å². The largest absolute Gasteiger partial charge is 0.319 e. The molecule has 0 saturated heterocycles. The molecule has 4 nitrogen and oxygen atoms in total. The van der Waals surface area contributed by atoms with Crippen molar-refractivity contribution in [2.75, 3.05) is 13.6 Å². The van der Waals surface area contributed by atoms with Gasteiger partial charge >= 0.3 is 0 Å². The molecule has 0 amide bonds. The van der Waals surface area contributed by atoms with E-state index < -0.39 is 0 Å². The molecule has 0 saturated carbocycles. The van der Waals surface area contributed by atoms with Crippen LogP contribution in [0, 0.1) is 23.2 Å². The van der Waals surface area contributed by atoms with E-state index in [0.29, 0.717) is 0 Å². The Labute approximate surface area is 83.0 Å². The van der Waals surface area contributed by atoms with Crippen LogP contribution in [-0.2, 0) is 0 Å². The molecular formula is C10H10N4. The highest BCUT2D eigenvalue weighted by atomic mass is 14.9. The molecule has 0 atom stereocenters. The highest BCUT2D eigenvalue weighted by molar-refractivity contribution is 5.30. The van der Waals surface area contributed by atoms with Gasteiger partial charge in [0.15, 0.2) is 0 Å². The smallest absolute Gasteiger partial charge is 0.232 e. The van der Waals surface area contributed by atoms with Gasteiger partial charge < -0.3 is 5.32 Å². The monoisotopic (exact) mass is 186 g/mol.